The molecule has 0 aliphatic rings. The Labute approximate surface area is 132 Å². The van der Waals surface area contributed by atoms with Gasteiger partial charge in [-0.25, -0.2) is 17.9 Å². The van der Waals surface area contributed by atoms with Crippen LogP contribution in [-0.4, -0.2) is 51.1 Å². The highest BCUT2D eigenvalue weighted by Gasteiger charge is 2.20. The van der Waals surface area contributed by atoms with Crippen LogP contribution in [-0.2, 0) is 10.0 Å². The molecule has 0 amide bonds. The zero-order chi connectivity index (χ0) is 15.5. The minimum Gasteiger partial charge on any atom is -0.478 e. The van der Waals surface area contributed by atoms with Gasteiger partial charge in [0.25, 0.3) is 0 Å². The number of rotatable bonds is 6. The molecule has 0 aliphatic carbocycles. The van der Waals surface area contributed by atoms with Gasteiger partial charge in [0.05, 0.1) is 10.5 Å². The van der Waals surface area contributed by atoms with Gasteiger partial charge in [-0.2, -0.15) is 0 Å². The third kappa shape index (κ3) is 4.69. The van der Waals surface area contributed by atoms with E-state index in [0.717, 1.165) is 0 Å². The Morgan fingerprint density at radius 2 is 2.05 bits per heavy atom. The van der Waals surface area contributed by atoms with Gasteiger partial charge in [0.15, 0.2) is 0 Å². The SMILES string of the molecule is CC(CN(C)C)NS(=O)(=O)c1ccc(I)c(C(=O)O)c1. The summed E-state index contributed by atoms with van der Waals surface area (Å²) in [6.07, 6.45) is 0. The molecule has 1 atom stereocenters. The number of carbonyl (C=O) groups is 1. The summed E-state index contributed by atoms with van der Waals surface area (Å²) in [6.45, 7) is 2.30. The summed E-state index contributed by atoms with van der Waals surface area (Å²) in [6, 6.07) is 3.78. The fourth-order valence-electron chi connectivity index (χ4n) is 1.75. The highest BCUT2D eigenvalue weighted by molar-refractivity contribution is 14.1. The van der Waals surface area contributed by atoms with Crippen LogP contribution in [0.2, 0.25) is 0 Å². The maximum absolute atomic E-state index is 12.2. The minimum atomic E-state index is -3.72. The van der Waals surface area contributed by atoms with E-state index in [2.05, 4.69) is 4.72 Å². The molecule has 112 valence electrons. The van der Waals surface area contributed by atoms with E-state index >= 15 is 0 Å². The van der Waals surface area contributed by atoms with Crippen LogP contribution in [0.4, 0.5) is 0 Å². The molecule has 1 rings (SSSR count). The molecule has 8 heteroatoms. The quantitative estimate of drug-likeness (QED) is 0.687. The molecule has 20 heavy (non-hydrogen) atoms. The molecule has 1 unspecified atom stereocenters. The number of sulfonamides is 1. The fourth-order valence-corrected chi connectivity index (χ4v) is 3.58. The number of carboxylic acids is 1. The zero-order valence-corrected chi connectivity index (χ0v) is 14.4. The van der Waals surface area contributed by atoms with E-state index in [-0.39, 0.29) is 16.5 Å². The molecule has 0 fully saturated rings. The Morgan fingerprint density at radius 1 is 1.45 bits per heavy atom. The smallest absolute Gasteiger partial charge is 0.336 e. The van der Waals surface area contributed by atoms with Gasteiger partial charge in [-0.3, -0.25) is 0 Å². The van der Waals surface area contributed by atoms with Gasteiger partial charge < -0.3 is 10.0 Å². The number of halogens is 1. The summed E-state index contributed by atoms with van der Waals surface area (Å²) in [7, 11) is -0.0304. The second-order valence-corrected chi connectivity index (χ2v) is 7.61. The number of nitrogens with zero attached hydrogens (tertiary/aromatic N) is 1. The second-order valence-electron chi connectivity index (χ2n) is 4.73. The lowest BCUT2D eigenvalue weighted by Crippen LogP contribution is -2.39. The van der Waals surface area contributed by atoms with E-state index in [0.29, 0.717) is 10.1 Å². The molecule has 6 nitrogen and oxygen atoms in total. The van der Waals surface area contributed by atoms with E-state index in [1.54, 1.807) is 6.92 Å². The lowest BCUT2D eigenvalue weighted by atomic mass is 10.2. The van der Waals surface area contributed by atoms with Gasteiger partial charge in [-0.05, 0) is 61.8 Å². The fraction of sp³-hybridized carbons (Fsp3) is 0.417. The first-order valence-corrected chi connectivity index (χ1v) is 8.39. The lowest BCUT2D eigenvalue weighted by Gasteiger charge is -2.18. The maximum atomic E-state index is 12.2. The first kappa shape index (κ1) is 17.3. The Morgan fingerprint density at radius 3 is 2.55 bits per heavy atom. The molecular formula is C12H17IN2O4S. The molecular weight excluding hydrogens is 395 g/mol. The Bertz CT molecular complexity index is 601. The topological polar surface area (TPSA) is 86.7 Å². The molecule has 1 aromatic rings. The molecule has 2 N–H and O–H groups in total. The third-order valence-electron chi connectivity index (χ3n) is 2.47. The standard InChI is InChI=1S/C12H17IN2O4S/c1-8(7-15(2)3)14-20(18,19)9-4-5-11(13)10(6-9)12(16)17/h4-6,8,14H,7H2,1-3H3,(H,16,17). The molecule has 0 radical (unpaired) electrons. The highest BCUT2D eigenvalue weighted by Crippen LogP contribution is 2.18. The van der Waals surface area contributed by atoms with Crippen molar-refractivity contribution in [2.45, 2.75) is 17.9 Å². The van der Waals surface area contributed by atoms with Crippen LogP contribution in [0.15, 0.2) is 23.1 Å². The molecule has 0 saturated heterocycles. The highest BCUT2D eigenvalue weighted by atomic mass is 127. The van der Waals surface area contributed by atoms with Crippen LogP contribution >= 0.6 is 22.6 Å². The van der Waals surface area contributed by atoms with Crippen molar-refractivity contribution in [2.75, 3.05) is 20.6 Å². The monoisotopic (exact) mass is 412 g/mol. The van der Waals surface area contributed by atoms with Gasteiger partial charge in [0, 0.05) is 16.2 Å². The van der Waals surface area contributed by atoms with E-state index < -0.39 is 16.0 Å². The Hall–Kier alpha value is -0.710. The van der Waals surface area contributed by atoms with Crippen molar-refractivity contribution in [3.05, 3.63) is 27.3 Å². The predicted octanol–water partition coefficient (Wildman–Crippen LogP) is 1.22. The van der Waals surface area contributed by atoms with Crippen molar-refractivity contribution in [2.24, 2.45) is 0 Å². The summed E-state index contributed by atoms with van der Waals surface area (Å²) >= 11 is 1.86. The van der Waals surface area contributed by atoms with E-state index in [4.69, 9.17) is 5.11 Å². The van der Waals surface area contributed by atoms with Crippen LogP contribution in [0, 0.1) is 3.57 Å². The molecule has 0 saturated carbocycles. The Balaban J connectivity index is 3.04. The van der Waals surface area contributed by atoms with Crippen molar-refractivity contribution in [1.82, 2.24) is 9.62 Å². The third-order valence-corrected chi connectivity index (χ3v) is 5.00. The van der Waals surface area contributed by atoms with Gasteiger partial charge >= 0.3 is 5.97 Å². The summed E-state index contributed by atoms with van der Waals surface area (Å²) in [5, 5.41) is 9.03. The zero-order valence-electron chi connectivity index (χ0n) is 11.4. The van der Waals surface area contributed by atoms with Crippen LogP contribution < -0.4 is 4.72 Å². The van der Waals surface area contributed by atoms with Gasteiger partial charge in [-0.15, -0.1) is 0 Å². The molecule has 1 aromatic carbocycles. The summed E-state index contributed by atoms with van der Waals surface area (Å²) in [5.41, 5.74) is -0.0197. The molecule has 0 bridgehead atoms. The number of hydrogen-bond donors (Lipinski definition) is 2. The molecule has 0 aliphatic heterocycles. The number of benzene rings is 1. The minimum absolute atomic E-state index is 0.0197. The van der Waals surface area contributed by atoms with Crippen molar-refractivity contribution < 1.29 is 18.3 Å². The number of nitrogens with one attached hydrogen (secondary N) is 1. The summed E-state index contributed by atoms with van der Waals surface area (Å²) < 4.78 is 27.4. The summed E-state index contributed by atoms with van der Waals surface area (Å²) in [4.78, 5) is 12.9. The predicted molar refractivity (Wildman–Crippen MR) is 84.5 cm³/mol. The van der Waals surface area contributed by atoms with E-state index in [1.165, 1.54) is 18.2 Å². The van der Waals surface area contributed by atoms with Crippen LogP contribution in [0.1, 0.15) is 17.3 Å². The van der Waals surface area contributed by atoms with Gasteiger partial charge in [0.2, 0.25) is 10.0 Å². The first-order valence-electron chi connectivity index (χ1n) is 5.83. The number of carboxylic acid groups (broad SMARTS) is 1. The van der Waals surface area contributed by atoms with Crippen LogP contribution in [0.3, 0.4) is 0 Å². The molecule has 0 heterocycles. The average molecular weight is 412 g/mol. The normalized spacial score (nSPS) is 13.4. The van der Waals surface area contributed by atoms with Crippen molar-refractivity contribution in [1.29, 1.82) is 0 Å². The van der Waals surface area contributed by atoms with Crippen LogP contribution in [0.25, 0.3) is 0 Å². The van der Waals surface area contributed by atoms with Crippen LogP contribution in [0.5, 0.6) is 0 Å². The number of likely N-dealkylation sites (N-methyl/N-ethyl adjacent to an activating group) is 1. The van der Waals surface area contributed by atoms with Gasteiger partial charge in [-0.1, -0.05) is 0 Å². The molecule has 0 spiro atoms. The number of hydrogen-bond acceptors (Lipinski definition) is 4. The first-order chi connectivity index (χ1) is 9.13. The van der Waals surface area contributed by atoms with Crippen molar-refractivity contribution in [3.63, 3.8) is 0 Å². The lowest BCUT2D eigenvalue weighted by molar-refractivity contribution is 0.0695. The number of aromatic carboxylic acids is 1. The average Bonchev–Trinajstić information content (AvgIpc) is 2.26. The van der Waals surface area contributed by atoms with Gasteiger partial charge in [0.1, 0.15) is 0 Å². The van der Waals surface area contributed by atoms with Crippen molar-refractivity contribution in [3.8, 4) is 0 Å². The summed E-state index contributed by atoms with van der Waals surface area (Å²) in [5.74, 6) is -1.15. The Kier molecular flexibility index (Phi) is 5.92. The largest absolute Gasteiger partial charge is 0.478 e. The molecule has 0 aromatic heterocycles. The van der Waals surface area contributed by atoms with E-state index in [9.17, 15) is 13.2 Å². The van der Waals surface area contributed by atoms with Crippen molar-refractivity contribution >= 4 is 38.6 Å². The second kappa shape index (κ2) is 6.83. The maximum Gasteiger partial charge on any atom is 0.336 e. The van der Waals surface area contributed by atoms with E-state index in [1.807, 2.05) is 41.6 Å².